The van der Waals surface area contributed by atoms with Crippen molar-refractivity contribution in [2.24, 2.45) is 4.99 Å². The summed E-state index contributed by atoms with van der Waals surface area (Å²) in [5, 5.41) is 0. The van der Waals surface area contributed by atoms with Gasteiger partial charge in [0.05, 0.1) is 30.0 Å². The Labute approximate surface area is 254 Å². The van der Waals surface area contributed by atoms with Gasteiger partial charge in [-0.3, -0.25) is 14.2 Å². The van der Waals surface area contributed by atoms with E-state index in [9.17, 15) is 9.59 Å². The molecule has 1 aliphatic rings. The Bertz CT molecular complexity index is 1840. The molecular weight excluding hydrogens is 562 g/mol. The molecule has 0 N–H and O–H groups in total. The van der Waals surface area contributed by atoms with Crippen LogP contribution in [-0.4, -0.2) is 42.7 Å². The van der Waals surface area contributed by atoms with Crippen molar-refractivity contribution in [2.45, 2.75) is 33.4 Å². The molecule has 1 atom stereocenters. The molecule has 0 aliphatic carbocycles. The highest BCUT2D eigenvalue weighted by Gasteiger charge is 2.36. The normalized spacial score (nSPS) is 14.6. The lowest BCUT2D eigenvalue weighted by Gasteiger charge is -2.30. The molecule has 8 nitrogen and oxygen atoms in total. The summed E-state index contributed by atoms with van der Waals surface area (Å²) in [6, 6.07) is 22.2. The Morgan fingerprint density at radius 3 is 2.40 bits per heavy atom. The maximum absolute atomic E-state index is 14.3. The van der Waals surface area contributed by atoms with Crippen LogP contribution in [0.1, 0.15) is 43.5 Å². The van der Waals surface area contributed by atoms with Gasteiger partial charge in [-0.15, -0.1) is 0 Å². The summed E-state index contributed by atoms with van der Waals surface area (Å²) in [6.45, 7) is 7.14. The van der Waals surface area contributed by atoms with Crippen LogP contribution in [0.25, 0.3) is 6.08 Å². The number of carbonyl (C=O) groups is 1. The molecular formula is C34H35N3O5S. The molecule has 0 unspecified atom stereocenters. The van der Waals surface area contributed by atoms with E-state index in [0.717, 1.165) is 11.1 Å². The minimum absolute atomic E-state index is 0.171. The van der Waals surface area contributed by atoms with E-state index in [-0.39, 0.29) is 11.5 Å². The van der Waals surface area contributed by atoms with Gasteiger partial charge in [-0.2, -0.15) is 0 Å². The van der Waals surface area contributed by atoms with Gasteiger partial charge in [0.15, 0.2) is 4.80 Å². The number of likely N-dealkylation sites (N-methyl/N-ethyl adjacent to an activating group) is 1. The number of thiazole rings is 1. The van der Waals surface area contributed by atoms with Crippen LogP contribution in [0.5, 0.6) is 17.2 Å². The summed E-state index contributed by atoms with van der Waals surface area (Å²) in [6.07, 6.45) is 1.83. The van der Waals surface area contributed by atoms with Crippen LogP contribution in [0.15, 0.2) is 93.9 Å². The van der Waals surface area contributed by atoms with Gasteiger partial charge in [0, 0.05) is 24.2 Å². The maximum Gasteiger partial charge on any atom is 0.271 e. The third kappa shape index (κ3) is 5.99. The Hall–Kier alpha value is -4.63. The zero-order valence-electron chi connectivity index (χ0n) is 25.0. The SMILES string of the molecule is CCN(CC)C(=O)C1=C(C)N=c2s/c(=C/c3ccccc3OCc3ccccc3)c(=O)n2[C@H]1c1cc(OC)ccc1OC. The van der Waals surface area contributed by atoms with Crippen LogP contribution in [0, 0.1) is 0 Å². The number of hydrogen-bond donors (Lipinski definition) is 0. The van der Waals surface area contributed by atoms with Crippen LogP contribution in [0.4, 0.5) is 0 Å². The number of para-hydroxylation sites is 1. The fourth-order valence-corrected chi connectivity index (χ4v) is 6.27. The number of carbonyl (C=O) groups excluding carboxylic acids is 1. The van der Waals surface area contributed by atoms with E-state index >= 15 is 0 Å². The number of methoxy groups -OCH3 is 2. The van der Waals surface area contributed by atoms with Crippen LogP contribution in [-0.2, 0) is 11.4 Å². The third-order valence-corrected chi connectivity index (χ3v) is 8.46. The lowest BCUT2D eigenvalue weighted by atomic mass is 9.93. The molecule has 222 valence electrons. The van der Waals surface area contributed by atoms with E-state index in [0.29, 0.717) is 63.1 Å². The minimum atomic E-state index is -0.763. The van der Waals surface area contributed by atoms with Gasteiger partial charge in [-0.25, -0.2) is 4.99 Å². The van der Waals surface area contributed by atoms with Gasteiger partial charge in [0.2, 0.25) is 0 Å². The van der Waals surface area contributed by atoms with Crippen molar-refractivity contribution < 1.29 is 19.0 Å². The number of hydrogen-bond acceptors (Lipinski definition) is 7. The molecule has 5 rings (SSSR count). The van der Waals surface area contributed by atoms with Crippen molar-refractivity contribution in [1.82, 2.24) is 9.47 Å². The number of fused-ring (bicyclic) bond motifs is 1. The molecule has 1 aliphatic heterocycles. The van der Waals surface area contributed by atoms with Crippen LogP contribution >= 0.6 is 11.3 Å². The first-order valence-electron chi connectivity index (χ1n) is 14.2. The fraction of sp³-hybridized carbons (Fsp3) is 0.265. The van der Waals surface area contributed by atoms with Crippen molar-refractivity contribution >= 4 is 23.3 Å². The summed E-state index contributed by atoms with van der Waals surface area (Å²) in [5.74, 6) is 1.62. The highest BCUT2D eigenvalue weighted by molar-refractivity contribution is 7.07. The largest absolute Gasteiger partial charge is 0.497 e. The van der Waals surface area contributed by atoms with Crippen molar-refractivity contribution in [1.29, 1.82) is 0 Å². The molecule has 0 bridgehead atoms. The average Bonchev–Trinajstić information content (AvgIpc) is 3.34. The molecule has 0 spiro atoms. The highest BCUT2D eigenvalue weighted by Crippen LogP contribution is 2.38. The van der Waals surface area contributed by atoms with Crippen molar-refractivity contribution in [3.63, 3.8) is 0 Å². The van der Waals surface area contributed by atoms with Gasteiger partial charge >= 0.3 is 0 Å². The first kappa shape index (κ1) is 29.8. The first-order valence-corrected chi connectivity index (χ1v) is 15.0. The second-order valence-electron chi connectivity index (χ2n) is 9.98. The molecule has 9 heteroatoms. The molecule has 0 fully saturated rings. The van der Waals surface area contributed by atoms with E-state index in [2.05, 4.69) is 0 Å². The molecule has 43 heavy (non-hydrogen) atoms. The molecule has 4 aromatic rings. The highest BCUT2D eigenvalue weighted by atomic mass is 32.1. The summed E-state index contributed by atoms with van der Waals surface area (Å²) in [4.78, 5) is 35.2. The lowest BCUT2D eigenvalue weighted by Crippen LogP contribution is -2.43. The number of nitrogens with zero attached hydrogens (tertiary/aromatic N) is 3. The van der Waals surface area contributed by atoms with Crippen molar-refractivity contribution in [3.05, 3.63) is 120 Å². The summed E-state index contributed by atoms with van der Waals surface area (Å²) in [5.41, 5.74) is 3.20. The Morgan fingerprint density at radius 2 is 1.70 bits per heavy atom. The van der Waals surface area contributed by atoms with Crippen LogP contribution < -0.4 is 29.1 Å². The van der Waals surface area contributed by atoms with E-state index < -0.39 is 6.04 Å². The molecule has 0 saturated carbocycles. The molecule has 1 aromatic heterocycles. The van der Waals surface area contributed by atoms with E-state index in [1.54, 1.807) is 35.8 Å². The number of ether oxygens (including phenoxy) is 3. The summed E-state index contributed by atoms with van der Waals surface area (Å²) >= 11 is 1.28. The zero-order chi connectivity index (χ0) is 30.5. The van der Waals surface area contributed by atoms with Gasteiger partial charge in [-0.05, 0) is 56.7 Å². The van der Waals surface area contributed by atoms with Crippen LogP contribution in [0.2, 0.25) is 0 Å². The number of amides is 1. The third-order valence-electron chi connectivity index (χ3n) is 7.48. The van der Waals surface area contributed by atoms with Gasteiger partial charge in [-0.1, -0.05) is 59.9 Å². The van der Waals surface area contributed by atoms with Crippen molar-refractivity contribution in [2.75, 3.05) is 27.3 Å². The summed E-state index contributed by atoms with van der Waals surface area (Å²) < 4.78 is 19.5. The fourth-order valence-electron chi connectivity index (χ4n) is 5.23. The van der Waals surface area contributed by atoms with E-state index in [4.69, 9.17) is 19.2 Å². The maximum atomic E-state index is 14.3. The molecule has 3 aromatic carbocycles. The molecule has 0 radical (unpaired) electrons. The van der Waals surface area contributed by atoms with E-state index in [1.807, 2.05) is 87.5 Å². The molecule has 1 amide bonds. The number of aromatic nitrogens is 1. The molecule has 2 heterocycles. The topological polar surface area (TPSA) is 82.4 Å². The van der Waals surface area contributed by atoms with Gasteiger partial charge in [0.1, 0.15) is 29.9 Å². The minimum Gasteiger partial charge on any atom is -0.497 e. The smallest absolute Gasteiger partial charge is 0.271 e. The second-order valence-corrected chi connectivity index (χ2v) is 11.0. The van der Waals surface area contributed by atoms with Gasteiger partial charge in [0.25, 0.3) is 11.5 Å². The Kier molecular flexibility index (Phi) is 9.11. The summed E-state index contributed by atoms with van der Waals surface area (Å²) in [7, 11) is 3.15. The first-order chi connectivity index (χ1) is 20.9. The quantitative estimate of drug-likeness (QED) is 0.265. The predicted molar refractivity (Wildman–Crippen MR) is 168 cm³/mol. The lowest BCUT2D eigenvalue weighted by molar-refractivity contribution is -0.127. The number of benzene rings is 3. The standard InChI is InChI=1S/C34H35N3O5S/c1-6-36(7-2)33(39)30-22(3)35-34-37(31(30)26-20-25(40-4)17-18-28(26)41-5)32(38)29(43-34)19-24-15-11-12-16-27(24)42-21-23-13-9-8-10-14-23/h8-20,31H,6-7,21H2,1-5H3/b29-19+/t31-/m0/s1. The van der Waals surface area contributed by atoms with Crippen molar-refractivity contribution in [3.8, 4) is 17.2 Å². The Balaban J connectivity index is 1.68. The monoisotopic (exact) mass is 597 g/mol. The van der Waals surface area contributed by atoms with E-state index in [1.165, 1.54) is 11.3 Å². The zero-order valence-corrected chi connectivity index (χ0v) is 25.8. The Morgan fingerprint density at radius 1 is 0.977 bits per heavy atom. The van der Waals surface area contributed by atoms with Gasteiger partial charge < -0.3 is 19.1 Å². The number of allylic oxidation sites excluding steroid dienone is 1. The predicted octanol–water partition coefficient (Wildman–Crippen LogP) is 4.70. The van der Waals surface area contributed by atoms with Crippen LogP contribution in [0.3, 0.4) is 0 Å². The molecule has 0 saturated heterocycles. The second kappa shape index (κ2) is 13.1. The number of rotatable bonds is 10. The average molecular weight is 598 g/mol.